The van der Waals surface area contributed by atoms with Gasteiger partial charge in [0.05, 0.1) is 25.4 Å². The molecule has 14 heteroatoms. The lowest BCUT2D eigenvalue weighted by Gasteiger charge is -2.41. The van der Waals surface area contributed by atoms with Gasteiger partial charge in [0.25, 0.3) is 0 Å². The summed E-state index contributed by atoms with van der Waals surface area (Å²) in [6.45, 7) is 3.20. The van der Waals surface area contributed by atoms with Crippen molar-refractivity contribution in [3.05, 3.63) is 36.5 Å². The normalized spacial score (nSPS) is 21.3. The predicted molar refractivity (Wildman–Crippen MR) is 247 cm³/mol. The third kappa shape index (κ3) is 30.4. The van der Waals surface area contributed by atoms with Crippen LogP contribution in [0, 0.1) is 0 Å². The first-order valence-corrected chi connectivity index (χ1v) is 25.8. The standard InChI is InChI=1S/C48H89NO12S/c1-3-5-7-9-11-13-15-17-19-20-21-23-25-27-29-31-33-35-37-42(52)47(55)49-40(39-59-48-45(54)46(61-62(56,57)58)44(53)43(38-50)60-48)41(51)36-34-32-30-28-26-24-22-18-16-14-12-10-8-6-4-2/h20-21,26,28,34,36,40-46,48,50-54H,3-19,22-25,27,29-33,35,37-39H2,1-2H3,(H,49,55)(H,56,57,58)/b21-20-,28-26+,36-34+. The molecule has 1 fully saturated rings. The number of amides is 1. The monoisotopic (exact) mass is 904 g/mol. The van der Waals surface area contributed by atoms with Crippen molar-refractivity contribution < 1.29 is 57.0 Å². The first-order valence-electron chi connectivity index (χ1n) is 24.5. The van der Waals surface area contributed by atoms with Gasteiger partial charge in [0.15, 0.2) is 6.29 Å². The molecule has 364 valence electrons. The average molecular weight is 904 g/mol. The molecule has 0 aromatic rings. The number of unbranched alkanes of at least 4 members (excludes halogenated alkanes) is 24. The van der Waals surface area contributed by atoms with Crippen LogP contribution in [0.2, 0.25) is 0 Å². The zero-order valence-electron chi connectivity index (χ0n) is 38.5. The number of allylic oxidation sites excluding steroid dienone is 5. The van der Waals surface area contributed by atoms with E-state index in [9.17, 15) is 43.3 Å². The SMILES string of the molecule is CCCCCCCCCC/C=C\CCCCCCCCC(O)C(=O)NC(COC1OC(CO)C(O)C(OS(=O)(=O)O)C1O)C(O)/C=C/CC/C=C/CCCCCCCCCCC. The molecule has 1 amide bonds. The zero-order valence-corrected chi connectivity index (χ0v) is 39.4. The summed E-state index contributed by atoms with van der Waals surface area (Å²) in [7, 11) is -5.12. The van der Waals surface area contributed by atoms with Gasteiger partial charge in [0.2, 0.25) is 5.91 Å². The van der Waals surface area contributed by atoms with Gasteiger partial charge in [0, 0.05) is 0 Å². The lowest BCUT2D eigenvalue weighted by Crippen LogP contribution is -2.61. The topological polar surface area (TPSA) is 212 Å². The highest BCUT2D eigenvalue weighted by molar-refractivity contribution is 7.80. The summed E-state index contributed by atoms with van der Waals surface area (Å²) in [6, 6.07) is -1.14. The molecule has 0 aromatic heterocycles. The quantitative estimate of drug-likeness (QED) is 0.0174. The van der Waals surface area contributed by atoms with E-state index in [1.807, 2.05) is 0 Å². The molecule has 7 N–H and O–H groups in total. The maximum absolute atomic E-state index is 13.1. The minimum atomic E-state index is -5.12. The van der Waals surface area contributed by atoms with Crippen LogP contribution in [0.3, 0.4) is 0 Å². The maximum Gasteiger partial charge on any atom is 0.397 e. The summed E-state index contributed by atoms with van der Waals surface area (Å²) in [5.41, 5.74) is 0. The first-order chi connectivity index (χ1) is 29.9. The number of rotatable bonds is 41. The van der Waals surface area contributed by atoms with Crippen LogP contribution in [-0.2, 0) is 28.9 Å². The van der Waals surface area contributed by atoms with E-state index in [2.05, 4.69) is 47.7 Å². The molecule has 0 saturated carbocycles. The van der Waals surface area contributed by atoms with E-state index in [1.165, 1.54) is 109 Å². The van der Waals surface area contributed by atoms with Crippen LogP contribution in [0.1, 0.15) is 200 Å². The molecule has 0 bridgehead atoms. The van der Waals surface area contributed by atoms with E-state index in [-0.39, 0.29) is 6.42 Å². The summed E-state index contributed by atoms with van der Waals surface area (Å²) in [6.07, 6.45) is 33.7. The third-order valence-electron chi connectivity index (χ3n) is 11.5. The van der Waals surface area contributed by atoms with E-state index in [0.717, 1.165) is 64.2 Å². The lowest BCUT2D eigenvalue weighted by atomic mass is 9.99. The van der Waals surface area contributed by atoms with Crippen molar-refractivity contribution in [2.75, 3.05) is 13.2 Å². The number of aliphatic hydroxyl groups excluding tert-OH is 5. The zero-order chi connectivity index (χ0) is 45.7. The van der Waals surface area contributed by atoms with E-state index in [1.54, 1.807) is 6.08 Å². The highest BCUT2D eigenvalue weighted by Crippen LogP contribution is 2.26. The molecule has 1 aliphatic heterocycles. The van der Waals surface area contributed by atoms with Gasteiger partial charge in [-0.25, -0.2) is 4.18 Å². The Morgan fingerprint density at radius 2 is 1.08 bits per heavy atom. The van der Waals surface area contributed by atoms with Gasteiger partial charge >= 0.3 is 10.4 Å². The van der Waals surface area contributed by atoms with Gasteiger partial charge in [-0.1, -0.05) is 179 Å². The summed E-state index contributed by atoms with van der Waals surface area (Å²) in [5, 5.41) is 55.2. The largest absolute Gasteiger partial charge is 0.397 e. The van der Waals surface area contributed by atoms with E-state index in [0.29, 0.717) is 12.8 Å². The molecule has 8 unspecified atom stereocenters. The molecule has 62 heavy (non-hydrogen) atoms. The van der Waals surface area contributed by atoms with E-state index >= 15 is 0 Å². The summed E-state index contributed by atoms with van der Waals surface area (Å²) >= 11 is 0. The second kappa shape index (κ2) is 38.5. The van der Waals surface area contributed by atoms with Crippen LogP contribution in [0.5, 0.6) is 0 Å². The van der Waals surface area contributed by atoms with Gasteiger partial charge in [-0.2, -0.15) is 8.42 Å². The van der Waals surface area contributed by atoms with Gasteiger partial charge in [-0.15, -0.1) is 0 Å². The second-order valence-corrected chi connectivity index (χ2v) is 18.2. The molecule has 1 aliphatic rings. The number of carbonyl (C=O) groups excluding carboxylic acids is 1. The maximum atomic E-state index is 13.1. The van der Waals surface area contributed by atoms with Gasteiger partial charge in [-0.3, -0.25) is 9.35 Å². The van der Waals surface area contributed by atoms with Crippen molar-refractivity contribution in [1.29, 1.82) is 0 Å². The fraction of sp³-hybridized carbons (Fsp3) is 0.854. The Hall–Kier alpha value is -1.72. The van der Waals surface area contributed by atoms with Crippen LogP contribution in [0.4, 0.5) is 0 Å². The van der Waals surface area contributed by atoms with Crippen molar-refractivity contribution in [3.63, 3.8) is 0 Å². The Balaban J connectivity index is 2.57. The Labute approximate surface area is 376 Å². The Bertz CT molecular complexity index is 1260. The van der Waals surface area contributed by atoms with Crippen molar-refractivity contribution in [1.82, 2.24) is 5.32 Å². The molecule has 1 rings (SSSR count). The number of ether oxygens (including phenoxy) is 2. The van der Waals surface area contributed by atoms with Gasteiger partial charge in [-0.05, 0) is 57.8 Å². The molecule has 0 spiro atoms. The number of carbonyl (C=O) groups is 1. The summed E-state index contributed by atoms with van der Waals surface area (Å²) < 4.78 is 47.5. The fourth-order valence-corrected chi connectivity index (χ4v) is 8.10. The molecule has 13 nitrogen and oxygen atoms in total. The predicted octanol–water partition coefficient (Wildman–Crippen LogP) is 8.86. The van der Waals surface area contributed by atoms with E-state index in [4.69, 9.17) is 9.47 Å². The van der Waals surface area contributed by atoms with E-state index < -0.39 is 78.5 Å². The van der Waals surface area contributed by atoms with Gasteiger partial charge < -0.3 is 40.3 Å². The average Bonchev–Trinajstić information content (AvgIpc) is 3.24. The van der Waals surface area contributed by atoms with Crippen LogP contribution < -0.4 is 5.32 Å². The van der Waals surface area contributed by atoms with Crippen molar-refractivity contribution in [2.45, 2.75) is 249 Å². The molecule has 0 aromatic carbocycles. The molecule has 0 radical (unpaired) electrons. The fourth-order valence-electron chi connectivity index (χ4n) is 7.59. The molecule has 8 atom stereocenters. The molecule has 1 saturated heterocycles. The highest BCUT2D eigenvalue weighted by Gasteiger charge is 2.48. The minimum Gasteiger partial charge on any atom is -0.394 e. The first kappa shape index (κ1) is 58.3. The smallest absolute Gasteiger partial charge is 0.394 e. The highest BCUT2D eigenvalue weighted by atomic mass is 32.3. The van der Waals surface area contributed by atoms with Crippen LogP contribution in [-0.4, -0.2) is 107 Å². The van der Waals surface area contributed by atoms with Gasteiger partial charge in [0.1, 0.15) is 30.5 Å². The molecule has 0 aliphatic carbocycles. The number of hydrogen-bond donors (Lipinski definition) is 7. The second-order valence-electron chi connectivity index (χ2n) is 17.2. The number of nitrogens with one attached hydrogen (secondary N) is 1. The lowest BCUT2D eigenvalue weighted by molar-refractivity contribution is -0.298. The summed E-state index contributed by atoms with van der Waals surface area (Å²) in [5.74, 6) is -0.717. The Morgan fingerprint density at radius 1 is 0.645 bits per heavy atom. The Kier molecular flexibility index (Phi) is 36.2. The molecular formula is C48H89NO12S. The molecular weight excluding hydrogens is 815 g/mol. The van der Waals surface area contributed by atoms with Crippen molar-refractivity contribution in [3.8, 4) is 0 Å². The minimum absolute atomic E-state index is 0.230. The van der Waals surface area contributed by atoms with Crippen LogP contribution in [0.15, 0.2) is 36.5 Å². The number of hydrogen-bond acceptors (Lipinski definition) is 11. The van der Waals surface area contributed by atoms with Crippen LogP contribution in [0.25, 0.3) is 0 Å². The van der Waals surface area contributed by atoms with Crippen molar-refractivity contribution >= 4 is 16.3 Å². The summed E-state index contributed by atoms with van der Waals surface area (Å²) in [4.78, 5) is 13.1. The van der Waals surface area contributed by atoms with Crippen molar-refractivity contribution in [2.24, 2.45) is 0 Å². The molecule has 1 heterocycles. The number of aliphatic hydroxyl groups is 5. The van der Waals surface area contributed by atoms with Crippen LogP contribution >= 0.6 is 0 Å². The Morgan fingerprint density at radius 3 is 1.55 bits per heavy atom. The third-order valence-corrected chi connectivity index (χ3v) is 12.0.